The Morgan fingerprint density at radius 1 is 1.38 bits per heavy atom. The average molecular weight is 392 g/mol. The van der Waals surface area contributed by atoms with E-state index >= 15 is 0 Å². The number of rotatable bonds is 5. The largest absolute Gasteiger partial charge is 0.455 e. The van der Waals surface area contributed by atoms with Crippen molar-refractivity contribution in [3.05, 3.63) is 29.8 Å². The fourth-order valence-corrected chi connectivity index (χ4v) is 3.52. The summed E-state index contributed by atoms with van der Waals surface area (Å²) in [6, 6.07) is 8.62. The number of amides is 1. The summed E-state index contributed by atoms with van der Waals surface area (Å²) in [5.41, 5.74) is 0.745. The number of piperidine rings is 1. The number of ether oxygens (including phenoxy) is 1. The number of esters is 1. The summed E-state index contributed by atoms with van der Waals surface area (Å²) in [5, 5.41) is 11.5. The molecule has 0 aromatic heterocycles. The van der Waals surface area contributed by atoms with Crippen molar-refractivity contribution >= 4 is 45.9 Å². The fourth-order valence-electron chi connectivity index (χ4n) is 2.47. The van der Waals surface area contributed by atoms with Crippen molar-refractivity contribution in [3.8, 4) is 6.07 Å². The van der Waals surface area contributed by atoms with E-state index in [1.807, 2.05) is 6.07 Å². The Morgan fingerprint density at radius 3 is 2.77 bits per heavy atom. The van der Waals surface area contributed by atoms with Crippen molar-refractivity contribution < 1.29 is 14.3 Å². The van der Waals surface area contributed by atoms with Gasteiger partial charge >= 0.3 is 5.97 Å². The highest BCUT2D eigenvalue weighted by Gasteiger charge is 2.19. The Bertz CT molecular complexity index is 710. The molecule has 1 aliphatic rings. The van der Waals surface area contributed by atoms with E-state index in [0.717, 1.165) is 25.9 Å². The molecule has 8 heteroatoms. The minimum absolute atomic E-state index is 0.0763. The number of nitrogens with zero attached hydrogens (tertiary/aromatic N) is 2. The molecule has 2 rings (SSSR count). The number of anilines is 1. The van der Waals surface area contributed by atoms with E-state index < -0.39 is 18.5 Å². The molecule has 1 N–H and O–H groups in total. The van der Waals surface area contributed by atoms with Crippen LogP contribution in [0.2, 0.25) is 0 Å². The van der Waals surface area contributed by atoms with E-state index in [4.69, 9.17) is 22.2 Å². The summed E-state index contributed by atoms with van der Waals surface area (Å²) in [4.78, 5) is 25.8. The molecule has 0 saturated carbocycles. The highest BCUT2D eigenvalue weighted by atomic mass is 32.2. The highest BCUT2D eigenvalue weighted by molar-refractivity contribution is 8.23. The number of likely N-dealkylation sites (tertiary alicyclic amines) is 1. The Kier molecular flexibility index (Phi) is 7.88. The molecule has 1 heterocycles. The monoisotopic (exact) mass is 391 g/mol. The molecule has 0 unspecified atom stereocenters. The number of hydrogen-bond donors (Lipinski definition) is 1. The van der Waals surface area contributed by atoms with Gasteiger partial charge in [-0.15, -0.1) is 0 Å². The SMILES string of the molecule is CC1CCN(C(=S)SCC(=O)OCC(=O)Nc2ccccc2C#N)CC1. The van der Waals surface area contributed by atoms with Crippen LogP contribution in [-0.2, 0) is 14.3 Å². The Labute approximate surface area is 162 Å². The van der Waals surface area contributed by atoms with E-state index in [9.17, 15) is 9.59 Å². The van der Waals surface area contributed by atoms with Crippen LogP contribution >= 0.6 is 24.0 Å². The molecule has 1 fully saturated rings. The second-order valence-electron chi connectivity index (χ2n) is 6.09. The van der Waals surface area contributed by atoms with Crippen LogP contribution in [0.1, 0.15) is 25.3 Å². The molecule has 1 amide bonds. The first-order chi connectivity index (χ1) is 12.5. The Hall–Kier alpha value is -2.11. The predicted octanol–water partition coefficient (Wildman–Crippen LogP) is 2.79. The smallest absolute Gasteiger partial charge is 0.316 e. The van der Waals surface area contributed by atoms with E-state index in [1.54, 1.807) is 24.3 Å². The van der Waals surface area contributed by atoms with Gasteiger partial charge < -0.3 is 15.0 Å². The van der Waals surface area contributed by atoms with Crippen molar-refractivity contribution in [3.63, 3.8) is 0 Å². The van der Waals surface area contributed by atoms with Crippen LogP contribution in [0, 0.1) is 17.2 Å². The maximum Gasteiger partial charge on any atom is 0.316 e. The Balaban J connectivity index is 1.69. The zero-order chi connectivity index (χ0) is 18.9. The van der Waals surface area contributed by atoms with Gasteiger partial charge in [-0.1, -0.05) is 43.0 Å². The number of para-hydroxylation sites is 1. The molecule has 138 valence electrons. The fraction of sp³-hybridized carbons (Fsp3) is 0.444. The van der Waals surface area contributed by atoms with Crippen molar-refractivity contribution in [1.29, 1.82) is 5.26 Å². The third kappa shape index (κ3) is 6.32. The molecule has 26 heavy (non-hydrogen) atoms. The van der Waals surface area contributed by atoms with Crippen LogP contribution in [0.25, 0.3) is 0 Å². The first-order valence-electron chi connectivity index (χ1n) is 8.36. The number of thioether (sulfide) groups is 1. The minimum Gasteiger partial charge on any atom is -0.455 e. The van der Waals surface area contributed by atoms with E-state index in [2.05, 4.69) is 17.1 Å². The van der Waals surface area contributed by atoms with Gasteiger partial charge in [0.1, 0.15) is 10.4 Å². The number of benzene rings is 1. The number of nitrogens with one attached hydrogen (secondary N) is 1. The molecule has 0 radical (unpaired) electrons. The van der Waals surface area contributed by atoms with E-state index in [-0.39, 0.29) is 5.75 Å². The lowest BCUT2D eigenvalue weighted by Crippen LogP contribution is -2.36. The van der Waals surface area contributed by atoms with Gasteiger partial charge in [0.2, 0.25) is 0 Å². The van der Waals surface area contributed by atoms with Crippen LogP contribution in [0.15, 0.2) is 24.3 Å². The molecule has 1 aliphatic heterocycles. The molecular formula is C18H21N3O3S2. The normalized spacial score (nSPS) is 14.4. The molecule has 1 aromatic rings. The van der Waals surface area contributed by atoms with Gasteiger partial charge in [-0.2, -0.15) is 5.26 Å². The summed E-state index contributed by atoms with van der Waals surface area (Å²) in [6.07, 6.45) is 2.21. The van der Waals surface area contributed by atoms with Crippen molar-refractivity contribution in [2.75, 3.05) is 30.8 Å². The van der Waals surface area contributed by atoms with E-state index in [0.29, 0.717) is 21.5 Å². The summed E-state index contributed by atoms with van der Waals surface area (Å²) in [7, 11) is 0. The summed E-state index contributed by atoms with van der Waals surface area (Å²) >= 11 is 6.61. The summed E-state index contributed by atoms with van der Waals surface area (Å²) < 4.78 is 5.67. The second kappa shape index (κ2) is 10.1. The van der Waals surface area contributed by atoms with Gasteiger partial charge in [0.05, 0.1) is 17.0 Å². The van der Waals surface area contributed by atoms with Crippen molar-refractivity contribution in [2.45, 2.75) is 19.8 Å². The quantitative estimate of drug-likeness (QED) is 0.610. The lowest BCUT2D eigenvalue weighted by Gasteiger charge is -2.31. The van der Waals surface area contributed by atoms with Crippen LogP contribution < -0.4 is 5.32 Å². The lowest BCUT2D eigenvalue weighted by atomic mass is 10.00. The van der Waals surface area contributed by atoms with Crippen LogP contribution in [0.3, 0.4) is 0 Å². The first kappa shape index (κ1) is 20.2. The summed E-state index contributed by atoms with van der Waals surface area (Å²) in [6.45, 7) is 3.67. The summed E-state index contributed by atoms with van der Waals surface area (Å²) in [5.74, 6) is -0.189. The molecule has 1 saturated heterocycles. The number of carbonyl (C=O) groups is 2. The topological polar surface area (TPSA) is 82.4 Å². The number of thiocarbonyl (C=S) groups is 1. The van der Waals surface area contributed by atoms with Crippen molar-refractivity contribution in [2.24, 2.45) is 5.92 Å². The molecule has 0 atom stereocenters. The minimum atomic E-state index is -0.494. The molecule has 0 bridgehead atoms. The maximum absolute atomic E-state index is 11.9. The van der Waals surface area contributed by atoms with Gasteiger partial charge in [0, 0.05) is 13.1 Å². The maximum atomic E-state index is 11.9. The van der Waals surface area contributed by atoms with Gasteiger partial charge in [-0.3, -0.25) is 9.59 Å². The molecular weight excluding hydrogens is 370 g/mol. The van der Waals surface area contributed by atoms with Gasteiger partial charge in [0.25, 0.3) is 5.91 Å². The molecule has 6 nitrogen and oxygen atoms in total. The molecule has 0 spiro atoms. The zero-order valence-corrected chi connectivity index (χ0v) is 16.2. The zero-order valence-electron chi connectivity index (χ0n) is 14.6. The first-order valence-corrected chi connectivity index (χ1v) is 9.75. The number of hydrogen-bond acceptors (Lipinski definition) is 6. The lowest BCUT2D eigenvalue weighted by molar-refractivity contribution is -0.144. The van der Waals surface area contributed by atoms with Crippen LogP contribution in [0.5, 0.6) is 0 Å². The Morgan fingerprint density at radius 2 is 2.08 bits per heavy atom. The highest BCUT2D eigenvalue weighted by Crippen LogP contribution is 2.20. The third-order valence-electron chi connectivity index (χ3n) is 4.04. The van der Waals surface area contributed by atoms with Gasteiger partial charge in [0.15, 0.2) is 6.61 Å². The molecule has 0 aliphatic carbocycles. The standard InChI is InChI=1S/C18H21N3O3S2/c1-13-6-8-21(9-7-13)18(25)26-12-17(23)24-11-16(22)20-15-5-3-2-4-14(15)10-19/h2-5,13H,6-9,11-12H2,1H3,(H,20,22). The van der Waals surface area contributed by atoms with Gasteiger partial charge in [-0.05, 0) is 30.9 Å². The number of carbonyl (C=O) groups excluding carboxylic acids is 2. The third-order valence-corrected chi connectivity index (χ3v) is 5.54. The van der Waals surface area contributed by atoms with Gasteiger partial charge in [-0.25, -0.2) is 0 Å². The van der Waals surface area contributed by atoms with Crippen molar-refractivity contribution in [1.82, 2.24) is 4.90 Å². The second-order valence-corrected chi connectivity index (χ2v) is 7.70. The predicted molar refractivity (Wildman–Crippen MR) is 106 cm³/mol. The van der Waals surface area contributed by atoms with E-state index in [1.165, 1.54) is 11.8 Å². The molecule has 1 aromatic carbocycles. The van der Waals surface area contributed by atoms with Crippen LogP contribution in [0.4, 0.5) is 5.69 Å². The average Bonchev–Trinajstić information content (AvgIpc) is 2.65. The number of nitriles is 1. The van der Waals surface area contributed by atoms with Crippen LogP contribution in [-0.4, -0.2) is 46.5 Å².